The van der Waals surface area contributed by atoms with Gasteiger partial charge in [-0.25, -0.2) is 4.79 Å². The molecule has 1 aromatic rings. The first-order valence-corrected chi connectivity index (χ1v) is 6.68. The number of aryl methyl sites for hydroxylation is 1. The molecule has 0 saturated heterocycles. The van der Waals surface area contributed by atoms with Crippen molar-refractivity contribution in [3.05, 3.63) is 29.3 Å². The molecule has 0 bridgehead atoms. The van der Waals surface area contributed by atoms with Crippen LogP contribution in [0.1, 0.15) is 48.5 Å². The molecule has 2 rings (SSSR count). The summed E-state index contributed by atoms with van der Waals surface area (Å²) in [7, 11) is 0. The van der Waals surface area contributed by atoms with E-state index in [4.69, 9.17) is 5.11 Å². The van der Waals surface area contributed by atoms with E-state index in [1.807, 2.05) is 13.0 Å². The van der Waals surface area contributed by atoms with Crippen molar-refractivity contribution in [3.63, 3.8) is 0 Å². The molecule has 1 aliphatic carbocycles. The minimum atomic E-state index is -0.869. The predicted octanol–water partition coefficient (Wildman–Crippen LogP) is 3.68. The van der Waals surface area contributed by atoms with Crippen LogP contribution in [0.15, 0.2) is 18.2 Å². The number of carbonyl (C=O) groups is 1. The molecule has 18 heavy (non-hydrogen) atoms. The Morgan fingerprint density at radius 1 is 1.39 bits per heavy atom. The number of anilines is 1. The molecule has 0 aliphatic heterocycles. The van der Waals surface area contributed by atoms with Crippen LogP contribution < -0.4 is 5.32 Å². The summed E-state index contributed by atoms with van der Waals surface area (Å²) >= 11 is 0. The van der Waals surface area contributed by atoms with E-state index in [1.54, 1.807) is 12.1 Å². The van der Waals surface area contributed by atoms with E-state index >= 15 is 0 Å². The number of hydrogen-bond donors (Lipinski definition) is 2. The molecule has 1 saturated carbocycles. The third-order valence-corrected chi connectivity index (χ3v) is 3.97. The van der Waals surface area contributed by atoms with Crippen molar-refractivity contribution in [2.24, 2.45) is 5.92 Å². The zero-order valence-corrected chi connectivity index (χ0v) is 11.1. The van der Waals surface area contributed by atoms with Gasteiger partial charge in [0, 0.05) is 11.7 Å². The lowest BCUT2D eigenvalue weighted by molar-refractivity contribution is 0.0697. The van der Waals surface area contributed by atoms with E-state index in [0.29, 0.717) is 11.6 Å². The summed E-state index contributed by atoms with van der Waals surface area (Å²) in [5.74, 6) is -0.149. The van der Waals surface area contributed by atoms with E-state index in [2.05, 4.69) is 12.2 Å². The summed E-state index contributed by atoms with van der Waals surface area (Å²) in [6.45, 7) is 4.21. The highest BCUT2D eigenvalue weighted by Gasteiger charge is 2.21. The zero-order chi connectivity index (χ0) is 13.1. The second-order valence-corrected chi connectivity index (χ2v) is 5.31. The second-order valence-electron chi connectivity index (χ2n) is 5.31. The van der Waals surface area contributed by atoms with Gasteiger partial charge in [0.05, 0.1) is 5.56 Å². The third kappa shape index (κ3) is 2.84. The molecule has 0 spiro atoms. The first-order chi connectivity index (χ1) is 8.58. The summed E-state index contributed by atoms with van der Waals surface area (Å²) in [6, 6.07) is 5.68. The highest BCUT2D eigenvalue weighted by atomic mass is 16.4. The Bertz CT molecular complexity index is 436. The molecule has 1 fully saturated rings. The molecule has 0 aromatic heterocycles. The van der Waals surface area contributed by atoms with Gasteiger partial charge in [0.1, 0.15) is 0 Å². The van der Waals surface area contributed by atoms with E-state index < -0.39 is 5.97 Å². The molecule has 1 atom stereocenters. The van der Waals surface area contributed by atoms with Gasteiger partial charge < -0.3 is 10.4 Å². The predicted molar refractivity (Wildman–Crippen MR) is 73.2 cm³/mol. The molecule has 98 valence electrons. The summed E-state index contributed by atoms with van der Waals surface area (Å²) in [6.07, 6.45) is 5.22. The Morgan fingerprint density at radius 3 is 2.67 bits per heavy atom. The van der Waals surface area contributed by atoms with Crippen LogP contribution in [0.4, 0.5) is 5.69 Å². The van der Waals surface area contributed by atoms with Gasteiger partial charge in [-0.15, -0.1) is 0 Å². The smallest absolute Gasteiger partial charge is 0.335 e. The van der Waals surface area contributed by atoms with Crippen LogP contribution >= 0.6 is 0 Å². The van der Waals surface area contributed by atoms with Crippen LogP contribution in [0.2, 0.25) is 0 Å². The zero-order valence-electron chi connectivity index (χ0n) is 11.1. The fourth-order valence-corrected chi connectivity index (χ4v) is 2.73. The molecule has 3 heteroatoms. The molecule has 1 aromatic carbocycles. The first kappa shape index (κ1) is 12.9. The molecule has 0 heterocycles. The van der Waals surface area contributed by atoms with E-state index in [0.717, 1.165) is 17.2 Å². The summed E-state index contributed by atoms with van der Waals surface area (Å²) < 4.78 is 0. The van der Waals surface area contributed by atoms with Crippen molar-refractivity contribution in [3.8, 4) is 0 Å². The molecule has 3 nitrogen and oxygen atoms in total. The summed E-state index contributed by atoms with van der Waals surface area (Å²) in [5.41, 5.74) is 2.40. The molecule has 0 radical (unpaired) electrons. The maximum absolute atomic E-state index is 11.0. The summed E-state index contributed by atoms with van der Waals surface area (Å²) in [5, 5.41) is 12.5. The van der Waals surface area contributed by atoms with Gasteiger partial charge in [-0.1, -0.05) is 18.9 Å². The minimum absolute atomic E-state index is 0.349. The first-order valence-electron chi connectivity index (χ1n) is 6.68. The number of hydrogen-bond acceptors (Lipinski definition) is 2. The van der Waals surface area contributed by atoms with Gasteiger partial charge in [-0.2, -0.15) is 0 Å². The van der Waals surface area contributed by atoms with Crippen LogP contribution in [-0.4, -0.2) is 17.1 Å². The third-order valence-electron chi connectivity index (χ3n) is 3.97. The maximum Gasteiger partial charge on any atom is 0.335 e. The Hall–Kier alpha value is -1.51. The van der Waals surface area contributed by atoms with Crippen molar-refractivity contribution in [1.29, 1.82) is 0 Å². The van der Waals surface area contributed by atoms with Crippen molar-refractivity contribution < 1.29 is 9.90 Å². The Labute approximate surface area is 108 Å². The molecule has 1 aliphatic rings. The number of benzene rings is 1. The molecule has 2 N–H and O–H groups in total. The SMILES string of the molecule is Cc1ccc(C(=O)O)cc1NC(C)C1CCCC1. The Balaban J connectivity index is 2.12. The van der Waals surface area contributed by atoms with Crippen LogP contribution in [0.3, 0.4) is 0 Å². The highest BCUT2D eigenvalue weighted by molar-refractivity contribution is 5.89. The topological polar surface area (TPSA) is 49.3 Å². The van der Waals surface area contributed by atoms with Gasteiger partial charge in [-0.05, 0) is 50.3 Å². The van der Waals surface area contributed by atoms with Crippen molar-refractivity contribution >= 4 is 11.7 Å². The van der Waals surface area contributed by atoms with Crippen LogP contribution in [0.5, 0.6) is 0 Å². The average Bonchev–Trinajstić information content (AvgIpc) is 2.85. The monoisotopic (exact) mass is 247 g/mol. The maximum atomic E-state index is 11.0. The average molecular weight is 247 g/mol. The normalized spacial score (nSPS) is 17.7. The quantitative estimate of drug-likeness (QED) is 0.853. The molecular weight excluding hydrogens is 226 g/mol. The lowest BCUT2D eigenvalue weighted by Crippen LogP contribution is -2.24. The Morgan fingerprint density at radius 2 is 2.06 bits per heavy atom. The number of nitrogens with one attached hydrogen (secondary N) is 1. The number of rotatable bonds is 4. The second kappa shape index (κ2) is 5.42. The number of aromatic carboxylic acids is 1. The van der Waals surface area contributed by atoms with E-state index in [1.165, 1.54) is 25.7 Å². The number of carboxylic acid groups (broad SMARTS) is 1. The van der Waals surface area contributed by atoms with Gasteiger partial charge >= 0.3 is 5.97 Å². The molecule has 0 amide bonds. The molecule has 1 unspecified atom stereocenters. The fraction of sp³-hybridized carbons (Fsp3) is 0.533. The van der Waals surface area contributed by atoms with Crippen LogP contribution in [-0.2, 0) is 0 Å². The van der Waals surface area contributed by atoms with E-state index in [9.17, 15) is 4.79 Å². The van der Waals surface area contributed by atoms with E-state index in [-0.39, 0.29) is 0 Å². The van der Waals surface area contributed by atoms with Gasteiger partial charge in [0.15, 0.2) is 0 Å². The van der Waals surface area contributed by atoms with Crippen LogP contribution in [0.25, 0.3) is 0 Å². The molecular formula is C15H21NO2. The lowest BCUT2D eigenvalue weighted by atomic mass is 9.99. The largest absolute Gasteiger partial charge is 0.478 e. The van der Waals surface area contributed by atoms with Crippen molar-refractivity contribution in [1.82, 2.24) is 0 Å². The van der Waals surface area contributed by atoms with Crippen molar-refractivity contribution in [2.75, 3.05) is 5.32 Å². The summed E-state index contributed by atoms with van der Waals surface area (Å²) in [4.78, 5) is 11.0. The lowest BCUT2D eigenvalue weighted by Gasteiger charge is -2.23. The van der Waals surface area contributed by atoms with Crippen LogP contribution in [0, 0.1) is 12.8 Å². The van der Waals surface area contributed by atoms with Gasteiger partial charge in [0.25, 0.3) is 0 Å². The highest BCUT2D eigenvalue weighted by Crippen LogP contribution is 2.30. The number of carboxylic acids is 1. The standard InChI is InChI=1S/C15H21NO2/c1-10-7-8-13(15(17)18)9-14(10)16-11(2)12-5-3-4-6-12/h7-9,11-12,16H,3-6H2,1-2H3,(H,17,18). The Kier molecular flexibility index (Phi) is 3.90. The van der Waals surface area contributed by atoms with Crippen molar-refractivity contribution in [2.45, 2.75) is 45.6 Å². The minimum Gasteiger partial charge on any atom is -0.478 e. The van der Waals surface area contributed by atoms with Gasteiger partial charge in [0.2, 0.25) is 0 Å². The van der Waals surface area contributed by atoms with Gasteiger partial charge in [-0.3, -0.25) is 0 Å². The fourth-order valence-electron chi connectivity index (χ4n) is 2.73.